The molecule has 0 aliphatic carbocycles. The number of hydrogen-bond donors (Lipinski definition) is 0. The third-order valence-electron chi connectivity index (χ3n) is 4.64. The van der Waals surface area contributed by atoms with E-state index in [0.29, 0.717) is 12.1 Å². The van der Waals surface area contributed by atoms with Crippen LogP contribution in [0.1, 0.15) is 36.1 Å². The molecule has 134 valence electrons. The Balaban J connectivity index is 2.23. The maximum absolute atomic E-state index is 13.6. The molecule has 0 bridgehead atoms. The Morgan fingerprint density at radius 2 is 1.81 bits per heavy atom. The highest BCUT2D eigenvalue weighted by atomic mass is 32.2. The van der Waals surface area contributed by atoms with Gasteiger partial charge in [-0.05, 0) is 62.1 Å². The maximum Gasteiger partial charge on any atom is 0.144 e. The number of halogens is 1. The van der Waals surface area contributed by atoms with Crippen LogP contribution in [0.2, 0.25) is 0 Å². The standard InChI is InChI=1S/C22H23FN2S/c1-6-17-13-15(2)20(16(3)14-17)25-12-11-24-21(25)18-9-7-8-10-19(18)22(4,5)26-23/h6-14H,1H2,2-5H3. The summed E-state index contributed by atoms with van der Waals surface area (Å²) in [6.45, 7) is 11.8. The smallest absolute Gasteiger partial charge is 0.144 e. The quantitative estimate of drug-likeness (QED) is 0.503. The molecule has 0 N–H and O–H groups in total. The molecule has 0 saturated heterocycles. The van der Waals surface area contributed by atoms with Gasteiger partial charge < -0.3 is 0 Å². The minimum absolute atomic E-state index is 0.356. The summed E-state index contributed by atoms with van der Waals surface area (Å²) in [5.74, 6) is 0.820. The van der Waals surface area contributed by atoms with Crippen LogP contribution >= 0.6 is 12.1 Å². The molecule has 0 radical (unpaired) electrons. The molecule has 1 heterocycles. The van der Waals surface area contributed by atoms with Crippen molar-refractivity contribution in [2.75, 3.05) is 0 Å². The van der Waals surface area contributed by atoms with Crippen molar-refractivity contribution in [3.63, 3.8) is 0 Å². The first-order chi connectivity index (χ1) is 12.4. The lowest BCUT2D eigenvalue weighted by Gasteiger charge is -2.23. The van der Waals surface area contributed by atoms with E-state index in [9.17, 15) is 3.89 Å². The van der Waals surface area contributed by atoms with E-state index in [-0.39, 0.29) is 0 Å². The lowest BCUT2D eigenvalue weighted by Crippen LogP contribution is -2.13. The molecule has 0 aliphatic heterocycles. The molecule has 0 fully saturated rings. The van der Waals surface area contributed by atoms with Gasteiger partial charge in [0.2, 0.25) is 0 Å². The molecular weight excluding hydrogens is 343 g/mol. The lowest BCUT2D eigenvalue weighted by molar-refractivity contribution is 0.742. The van der Waals surface area contributed by atoms with Crippen LogP contribution in [0.3, 0.4) is 0 Å². The first-order valence-electron chi connectivity index (χ1n) is 8.56. The van der Waals surface area contributed by atoms with Gasteiger partial charge >= 0.3 is 0 Å². The second kappa shape index (κ2) is 7.12. The van der Waals surface area contributed by atoms with Crippen LogP contribution in [0.4, 0.5) is 3.89 Å². The number of benzene rings is 2. The predicted octanol–water partition coefficient (Wildman–Crippen LogP) is 6.65. The minimum Gasteiger partial charge on any atom is -0.299 e. The van der Waals surface area contributed by atoms with Crippen molar-refractivity contribution >= 4 is 18.2 Å². The van der Waals surface area contributed by atoms with Gasteiger partial charge in [-0.3, -0.25) is 4.57 Å². The zero-order chi connectivity index (χ0) is 18.9. The third-order valence-corrected chi connectivity index (χ3v) is 5.25. The van der Waals surface area contributed by atoms with Gasteiger partial charge in [0.15, 0.2) is 0 Å². The molecule has 26 heavy (non-hydrogen) atoms. The predicted molar refractivity (Wildman–Crippen MR) is 110 cm³/mol. The maximum atomic E-state index is 13.6. The largest absolute Gasteiger partial charge is 0.299 e. The van der Waals surface area contributed by atoms with E-state index in [1.165, 1.54) is 0 Å². The number of rotatable bonds is 5. The molecular formula is C22H23FN2S. The molecule has 0 saturated carbocycles. The summed E-state index contributed by atoms with van der Waals surface area (Å²) < 4.78 is 15.0. The Morgan fingerprint density at radius 3 is 2.42 bits per heavy atom. The lowest BCUT2D eigenvalue weighted by atomic mass is 9.95. The molecule has 0 atom stereocenters. The monoisotopic (exact) mass is 366 g/mol. The number of aromatic nitrogens is 2. The number of nitrogens with zero attached hydrogens (tertiary/aromatic N) is 2. The van der Waals surface area contributed by atoms with Gasteiger partial charge in [-0.15, -0.1) is 0 Å². The average molecular weight is 367 g/mol. The van der Waals surface area contributed by atoms with Crippen molar-refractivity contribution < 1.29 is 3.89 Å². The zero-order valence-corrected chi connectivity index (χ0v) is 16.4. The molecule has 2 nitrogen and oxygen atoms in total. The van der Waals surface area contributed by atoms with Crippen LogP contribution in [-0.4, -0.2) is 9.55 Å². The van der Waals surface area contributed by atoms with Crippen LogP contribution in [0, 0.1) is 13.8 Å². The van der Waals surface area contributed by atoms with Crippen molar-refractivity contribution in [1.29, 1.82) is 0 Å². The van der Waals surface area contributed by atoms with Crippen molar-refractivity contribution in [2.24, 2.45) is 0 Å². The fraction of sp³-hybridized carbons (Fsp3) is 0.227. The minimum atomic E-state index is -0.649. The third kappa shape index (κ3) is 3.21. The first-order valence-corrected chi connectivity index (χ1v) is 9.27. The highest BCUT2D eigenvalue weighted by molar-refractivity contribution is 7.95. The summed E-state index contributed by atoms with van der Waals surface area (Å²) in [6.07, 6.45) is 5.61. The summed E-state index contributed by atoms with van der Waals surface area (Å²) >= 11 is 0.356. The molecule has 0 amide bonds. The molecule has 0 spiro atoms. The van der Waals surface area contributed by atoms with Crippen molar-refractivity contribution in [2.45, 2.75) is 32.4 Å². The molecule has 3 rings (SSSR count). The Bertz CT molecular complexity index is 933. The van der Waals surface area contributed by atoms with Gasteiger partial charge in [-0.1, -0.05) is 36.9 Å². The highest BCUT2D eigenvalue weighted by Gasteiger charge is 2.27. The molecule has 0 aliphatic rings. The van der Waals surface area contributed by atoms with E-state index in [1.807, 2.05) is 50.4 Å². The zero-order valence-electron chi connectivity index (χ0n) is 15.6. The van der Waals surface area contributed by atoms with Crippen molar-refractivity contribution in [1.82, 2.24) is 9.55 Å². The second-order valence-electron chi connectivity index (χ2n) is 6.96. The van der Waals surface area contributed by atoms with Gasteiger partial charge in [0, 0.05) is 18.0 Å². The Hall–Kier alpha value is -2.33. The van der Waals surface area contributed by atoms with Gasteiger partial charge in [0.05, 0.1) is 22.6 Å². The van der Waals surface area contributed by atoms with Crippen LogP contribution in [-0.2, 0) is 4.75 Å². The van der Waals surface area contributed by atoms with Gasteiger partial charge in [0.25, 0.3) is 0 Å². The van der Waals surface area contributed by atoms with E-state index in [2.05, 4.69) is 42.1 Å². The van der Waals surface area contributed by atoms with Gasteiger partial charge in [-0.25, -0.2) is 4.98 Å². The van der Waals surface area contributed by atoms with Crippen LogP contribution in [0.5, 0.6) is 0 Å². The summed E-state index contributed by atoms with van der Waals surface area (Å²) in [5, 5.41) is 0. The molecule has 4 heteroatoms. The number of aryl methyl sites for hydroxylation is 2. The van der Waals surface area contributed by atoms with Gasteiger partial charge in [-0.2, -0.15) is 3.89 Å². The van der Waals surface area contributed by atoms with Crippen molar-refractivity contribution in [3.8, 4) is 17.1 Å². The Labute approximate surface area is 159 Å². The fourth-order valence-electron chi connectivity index (χ4n) is 3.42. The summed E-state index contributed by atoms with van der Waals surface area (Å²) in [5.41, 5.74) is 6.37. The van der Waals surface area contributed by atoms with Gasteiger partial charge in [0.1, 0.15) is 5.82 Å². The van der Waals surface area contributed by atoms with E-state index >= 15 is 0 Å². The molecule has 2 aromatic carbocycles. The number of imidazole rings is 1. The van der Waals surface area contributed by atoms with E-state index < -0.39 is 4.75 Å². The first kappa shape index (κ1) is 18.5. The Morgan fingerprint density at radius 1 is 1.15 bits per heavy atom. The van der Waals surface area contributed by atoms with Crippen molar-refractivity contribution in [3.05, 3.63) is 77.6 Å². The Kier molecular flexibility index (Phi) is 5.05. The highest BCUT2D eigenvalue weighted by Crippen LogP contribution is 2.41. The summed E-state index contributed by atoms with van der Waals surface area (Å²) in [6, 6.07) is 12.1. The molecule has 3 aromatic rings. The average Bonchev–Trinajstić information content (AvgIpc) is 3.10. The topological polar surface area (TPSA) is 17.8 Å². The fourth-order valence-corrected chi connectivity index (χ4v) is 3.68. The van der Waals surface area contributed by atoms with E-state index in [4.69, 9.17) is 0 Å². The molecule has 0 unspecified atom stereocenters. The summed E-state index contributed by atoms with van der Waals surface area (Å²) in [4.78, 5) is 4.61. The number of hydrogen-bond acceptors (Lipinski definition) is 2. The van der Waals surface area contributed by atoms with Crippen LogP contribution in [0.15, 0.2) is 55.4 Å². The second-order valence-corrected chi connectivity index (χ2v) is 8.14. The normalized spacial score (nSPS) is 11.6. The summed E-state index contributed by atoms with van der Waals surface area (Å²) in [7, 11) is 0. The van der Waals surface area contributed by atoms with E-state index in [1.54, 1.807) is 6.20 Å². The van der Waals surface area contributed by atoms with E-state index in [0.717, 1.165) is 39.3 Å². The molecule has 1 aromatic heterocycles. The van der Waals surface area contributed by atoms with Crippen LogP contribution < -0.4 is 0 Å². The SMILES string of the molecule is C=Cc1cc(C)c(-n2ccnc2-c2ccccc2C(C)(C)SF)c(C)c1. The van der Waals surface area contributed by atoms with Crippen LogP contribution in [0.25, 0.3) is 23.2 Å².